The van der Waals surface area contributed by atoms with Crippen molar-refractivity contribution in [2.24, 2.45) is 0 Å². The van der Waals surface area contributed by atoms with Gasteiger partial charge in [0.05, 0.1) is 5.69 Å². The van der Waals surface area contributed by atoms with E-state index in [1.54, 1.807) is 18.2 Å². The van der Waals surface area contributed by atoms with Crippen molar-refractivity contribution in [2.45, 2.75) is 12.8 Å². The van der Waals surface area contributed by atoms with E-state index in [0.29, 0.717) is 35.4 Å². The van der Waals surface area contributed by atoms with Crippen LogP contribution in [0.25, 0.3) is 22.3 Å². The van der Waals surface area contributed by atoms with Crippen LogP contribution in [0, 0.1) is 0 Å². The average molecular weight is 334 g/mol. The van der Waals surface area contributed by atoms with Crippen LogP contribution in [0.3, 0.4) is 0 Å². The number of aromatic amines is 1. The number of carbonyl (C=O) groups excluding carboxylic acids is 1. The lowest BCUT2D eigenvalue weighted by atomic mass is 10.1. The number of fused-ring (bicyclic) bond motifs is 1. The Kier molecular flexibility index (Phi) is 4.61. The van der Waals surface area contributed by atoms with E-state index < -0.39 is 0 Å². The number of aromatic hydroxyl groups is 1. The summed E-state index contributed by atoms with van der Waals surface area (Å²) in [6, 6.07) is 10.9. The average Bonchev–Trinajstić information content (AvgIpc) is 3.02. The minimum atomic E-state index is -0.264. The van der Waals surface area contributed by atoms with Gasteiger partial charge in [-0.1, -0.05) is 25.3 Å². The molecule has 3 N–H and O–H groups in total. The third kappa shape index (κ3) is 3.74. The van der Waals surface area contributed by atoms with E-state index in [4.69, 9.17) is 0 Å². The normalized spacial score (nSPS) is 10.6. The first kappa shape index (κ1) is 16.4. The fourth-order valence-electron chi connectivity index (χ4n) is 2.52. The molecule has 0 aliphatic rings. The van der Waals surface area contributed by atoms with Crippen LogP contribution in [-0.2, 0) is 11.2 Å². The van der Waals surface area contributed by atoms with E-state index in [2.05, 4.69) is 33.7 Å². The van der Waals surface area contributed by atoms with Gasteiger partial charge in [0.2, 0.25) is 5.91 Å². The Morgan fingerprint density at radius 2 is 2.08 bits per heavy atom. The molecule has 0 saturated heterocycles. The molecule has 0 radical (unpaired) electrons. The maximum absolute atomic E-state index is 11.2. The first-order chi connectivity index (χ1) is 12.1. The highest BCUT2D eigenvalue weighted by Gasteiger charge is 2.09. The number of para-hydroxylation sites is 1. The molecule has 2 heterocycles. The van der Waals surface area contributed by atoms with Gasteiger partial charge in [0, 0.05) is 22.3 Å². The van der Waals surface area contributed by atoms with Crippen LogP contribution >= 0.6 is 0 Å². The fourth-order valence-corrected chi connectivity index (χ4v) is 2.52. The van der Waals surface area contributed by atoms with Crippen molar-refractivity contribution in [1.82, 2.24) is 20.5 Å². The maximum Gasteiger partial charge on any atom is 0.247 e. The van der Waals surface area contributed by atoms with Crippen molar-refractivity contribution in [2.75, 3.05) is 0 Å². The number of aromatic nitrogens is 3. The molecule has 0 unspecified atom stereocenters. The number of phenols is 1. The number of nitrogens with one attached hydrogen (secondary N) is 2. The number of allylic oxidation sites excluding steroid dienone is 1. The molecular weight excluding hydrogens is 316 g/mol. The van der Waals surface area contributed by atoms with Crippen molar-refractivity contribution >= 4 is 16.9 Å². The summed E-state index contributed by atoms with van der Waals surface area (Å²) >= 11 is 0. The van der Waals surface area contributed by atoms with Gasteiger partial charge in [0.1, 0.15) is 5.75 Å². The molecule has 6 nitrogen and oxygen atoms in total. The predicted molar refractivity (Wildman–Crippen MR) is 96.8 cm³/mol. The second kappa shape index (κ2) is 7.00. The second-order valence-electron chi connectivity index (χ2n) is 5.64. The molecule has 0 bridgehead atoms. The van der Waals surface area contributed by atoms with E-state index >= 15 is 0 Å². The summed E-state index contributed by atoms with van der Waals surface area (Å²) in [5.74, 6) is -0.0963. The summed E-state index contributed by atoms with van der Waals surface area (Å²) in [7, 11) is 0. The van der Waals surface area contributed by atoms with E-state index in [9.17, 15) is 9.90 Å². The number of H-pyrrole nitrogens is 1. The van der Waals surface area contributed by atoms with Gasteiger partial charge in [0.25, 0.3) is 0 Å². The number of benzene rings is 1. The second-order valence-corrected chi connectivity index (χ2v) is 5.64. The van der Waals surface area contributed by atoms with Crippen molar-refractivity contribution in [1.29, 1.82) is 0 Å². The van der Waals surface area contributed by atoms with Gasteiger partial charge >= 0.3 is 0 Å². The van der Waals surface area contributed by atoms with Gasteiger partial charge in [-0.25, -0.2) is 0 Å². The highest BCUT2D eigenvalue weighted by molar-refractivity contribution is 5.88. The minimum absolute atomic E-state index is 0.168. The molecule has 126 valence electrons. The van der Waals surface area contributed by atoms with Crippen molar-refractivity contribution in [3.8, 4) is 17.0 Å². The standard InChI is InChI=1S/C19H18N4O2/c1-3-18(25)20-12(2)8-9-14-10-13-11-16(22-23-19(13)21-14)15-6-4-5-7-17(15)24/h3-7,10-11,24H,1-2,8-9H2,(H,20,25)(H,21,23). The monoisotopic (exact) mass is 334 g/mol. The number of aryl methyl sites for hydroxylation is 1. The van der Waals surface area contributed by atoms with Crippen LogP contribution in [0.5, 0.6) is 5.75 Å². The quantitative estimate of drug-likeness (QED) is 0.604. The zero-order valence-electron chi connectivity index (χ0n) is 13.6. The summed E-state index contributed by atoms with van der Waals surface area (Å²) < 4.78 is 0. The van der Waals surface area contributed by atoms with E-state index in [1.807, 2.05) is 18.2 Å². The predicted octanol–water partition coefficient (Wildman–Crippen LogP) is 3.08. The summed E-state index contributed by atoms with van der Waals surface area (Å²) in [6.07, 6.45) is 2.49. The Morgan fingerprint density at radius 3 is 2.84 bits per heavy atom. The fraction of sp³-hybridized carbons (Fsp3) is 0.105. The van der Waals surface area contributed by atoms with Gasteiger partial charge in [-0.15, -0.1) is 10.2 Å². The number of phenolic OH excluding ortho intramolecular Hbond substituents is 1. The van der Waals surface area contributed by atoms with Crippen LogP contribution < -0.4 is 5.32 Å². The first-order valence-corrected chi connectivity index (χ1v) is 7.81. The molecule has 0 atom stereocenters. The summed E-state index contributed by atoms with van der Waals surface area (Å²) in [5, 5.41) is 21.9. The number of nitrogens with zero attached hydrogens (tertiary/aromatic N) is 2. The molecule has 0 fully saturated rings. The molecular formula is C19H18N4O2. The molecule has 3 rings (SSSR count). The number of hydrogen-bond donors (Lipinski definition) is 3. The molecule has 0 spiro atoms. The first-order valence-electron chi connectivity index (χ1n) is 7.81. The van der Waals surface area contributed by atoms with Crippen LogP contribution in [0.2, 0.25) is 0 Å². The molecule has 2 aromatic heterocycles. The molecule has 25 heavy (non-hydrogen) atoms. The topological polar surface area (TPSA) is 90.9 Å². The van der Waals surface area contributed by atoms with Crippen LogP contribution in [0.4, 0.5) is 0 Å². The Balaban J connectivity index is 1.77. The number of amides is 1. The van der Waals surface area contributed by atoms with Gasteiger partial charge in [-0.3, -0.25) is 4.79 Å². The smallest absolute Gasteiger partial charge is 0.247 e. The molecule has 6 heteroatoms. The Bertz CT molecular complexity index is 959. The number of carbonyl (C=O) groups is 1. The van der Waals surface area contributed by atoms with Crippen LogP contribution in [0.1, 0.15) is 12.1 Å². The van der Waals surface area contributed by atoms with Gasteiger partial charge < -0.3 is 15.4 Å². The maximum atomic E-state index is 11.2. The van der Waals surface area contributed by atoms with E-state index in [-0.39, 0.29) is 11.7 Å². The summed E-state index contributed by atoms with van der Waals surface area (Å²) in [5.41, 5.74) is 3.52. The lowest BCUT2D eigenvalue weighted by Crippen LogP contribution is -2.19. The Labute approximate surface area is 144 Å². The Hall–Kier alpha value is -3.41. The largest absolute Gasteiger partial charge is 0.507 e. The minimum Gasteiger partial charge on any atom is -0.507 e. The Morgan fingerprint density at radius 1 is 1.28 bits per heavy atom. The van der Waals surface area contributed by atoms with Gasteiger partial charge in [0.15, 0.2) is 5.65 Å². The van der Waals surface area contributed by atoms with Crippen LogP contribution in [0.15, 0.2) is 61.3 Å². The summed E-state index contributed by atoms with van der Waals surface area (Å²) in [4.78, 5) is 14.4. The molecule has 3 aromatic rings. The highest BCUT2D eigenvalue weighted by Crippen LogP contribution is 2.28. The van der Waals surface area contributed by atoms with E-state index in [1.165, 1.54) is 6.08 Å². The van der Waals surface area contributed by atoms with Gasteiger partial charge in [-0.2, -0.15) is 0 Å². The van der Waals surface area contributed by atoms with E-state index in [0.717, 1.165) is 11.1 Å². The lowest BCUT2D eigenvalue weighted by molar-refractivity contribution is -0.115. The molecule has 1 amide bonds. The molecule has 1 aromatic carbocycles. The highest BCUT2D eigenvalue weighted by atomic mass is 16.3. The lowest BCUT2D eigenvalue weighted by Gasteiger charge is -2.04. The SMILES string of the molecule is C=CC(=O)NC(=C)CCc1cc2cc(-c3ccccc3O)nnc2[nH]1. The molecule has 0 aliphatic heterocycles. The zero-order valence-corrected chi connectivity index (χ0v) is 13.6. The third-order valence-corrected chi connectivity index (χ3v) is 3.79. The van der Waals surface area contributed by atoms with Crippen molar-refractivity contribution in [3.63, 3.8) is 0 Å². The van der Waals surface area contributed by atoms with Crippen LogP contribution in [-0.4, -0.2) is 26.2 Å². The zero-order chi connectivity index (χ0) is 17.8. The number of hydrogen-bond acceptors (Lipinski definition) is 4. The number of rotatable bonds is 6. The molecule has 0 aliphatic carbocycles. The van der Waals surface area contributed by atoms with Gasteiger partial charge in [-0.05, 0) is 43.2 Å². The van der Waals surface area contributed by atoms with Crippen molar-refractivity contribution < 1.29 is 9.90 Å². The summed E-state index contributed by atoms with van der Waals surface area (Å²) in [6.45, 7) is 7.23. The third-order valence-electron chi connectivity index (χ3n) is 3.79. The van der Waals surface area contributed by atoms with Crippen molar-refractivity contribution in [3.05, 3.63) is 67.0 Å². The molecule has 0 saturated carbocycles.